The second kappa shape index (κ2) is 7.49. The molecular weight excluding hydrogens is 326 g/mol. The normalized spacial score (nSPS) is 30.3. The van der Waals surface area contributed by atoms with Crippen LogP contribution in [0.4, 0.5) is 0 Å². The molecule has 144 valence electrons. The summed E-state index contributed by atoms with van der Waals surface area (Å²) in [5.74, 6) is 1.71. The lowest BCUT2D eigenvalue weighted by atomic mass is 9.70. The summed E-state index contributed by atoms with van der Waals surface area (Å²) in [5.41, 5.74) is 3.75. The zero-order valence-electron chi connectivity index (χ0n) is 16.3. The number of likely N-dealkylation sites (tertiary alicyclic amines) is 1. The van der Waals surface area contributed by atoms with Crippen LogP contribution in [0.1, 0.15) is 49.3 Å². The summed E-state index contributed by atoms with van der Waals surface area (Å²) in [4.78, 5) is 2.50. The van der Waals surface area contributed by atoms with Gasteiger partial charge in [-0.2, -0.15) is 0 Å². The SMILES string of the molecule is COc1cc2c(cc1CN1CC[C@@](O)(C3CCOCC3)[C@H](C)C1)CCC2. The van der Waals surface area contributed by atoms with E-state index in [4.69, 9.17) is 9.47 Å². The van der Waals surface area contributed by atoms with E-state index in [1.165, 1.54) is 36.0 Å². The second-order valence-electron chi connectivity index (χ2n) is 8.55. The Bertz CT molecular complexity index is 641. The van der Waals surface area contributed by atoms with Crippen LogP contribution in [-0.4, -0.2) is 49.0 Å². The van der Waals surface area contributed by atoms with Crippen molar-refractivity contribution in [3.63, 3.8) is 0 Å². The van der Waals surface area contributed by atoms with Crippen LogP contribution in [0.3, 0.4) is 0 Å². The average Bonchev–Trinajstić information content (AvgIpc) is 3.12. The van der Waals surface area contributed by atoms with Gasteiger partial charge in [0.2, 0.25) is 0 Å². The van der Waals surface area contributed by atoms with Gasteiger partial charge in [-0.1, -0.05) is 13.0 Å². The molecule has 2 saturated heterocycles. The molecule has 2 fully saturated rings. The number of aliphatic hydroxyl groups is 1. The fourth-order valence-electron chi connectivity index (χ4n) is 5.37. The van der Waals surface area contributed by atoms with Crippen LogP contribution in [0.15, 0.2) is 12.1 Å². The van der Waals surface area contributed by atoms with Gasteiger partial charge in [0.25, 0.3) is 0 Å². The molecule has 1 N–H and O–H groups in total. The van der Waals surface area contributed by atoms with E-state index in [9.17, 15) is 5.11 Å². The van der Waals surface area contributed by atoms with Gasteiger partial charge in [-0.15, -0.1) is 0 Å². The summed E-state index contributed by atoms with van der Waals surface area (Å²) in [6.07, 6.45) is 6.52. The van der Waals surface area contributed by atoms with Crippen LogP contribution in [0.2, 0.25) is 0 Å². The summed E-state index contributed by atoms with van der Waals surface area (Å²) in [6.45, 7) is 6.66. The lowest BCUT2D eigenvalue weighted by Crippen LogP contribution is -2.55. The zero-order chi connectivity index (χ0) is 18.1. The Morgan fingerprint density at radius 2 is 1.96 bits per heavy atom. The third kappa shape index (κ3) is 3.39. The Morgan fingerprint density at radius 3 is 2.65 bits per heavy atom. The van der Waals surface area contributed by atoms with Crippen molar-refractivity contribution in [2.75, 3.05) is 33.4 Å². The van der Waals surface area contributed by atoms with Crippen LogP contribution >= 0.6 is 0 Å². The first-order valence-electron chi connectivity index (χ1n) is 10.3. The maximum absolute atomic E-state index is 11.4. The van der Waals surface area contributed by atoms with E-state index in [0.29, 0.717) is 11.8 Å². The highest BCUT2D eigenvalue weighted by molar-refractivity contribution is 5.44. The van der Waals surface area contributed by atoms with E-state index in [0.717, 1.165) is 57.9 Å². The number of hydrogen-bond acceptors (Lipinski definition) is 4. The van der Waals surface area contributed by atoms with E-state index in [1.54, 1.807) is 7.11 Å². The van der Waals surface area contributed by atoms with Gasteiger partial charge in [0.1, 0.15) is 5.75 Å². The molecule has 2 atom stereocenters. The summed E-state index contributed by atoms with van der Waals surface area (Å²) in [6, 6.07) is 4.62. The summed E-state index contributed by atoms with van der Waals surface area (Å²) in [5, 5.41) is 11.4. The molecule has 26 heavy (non-hydrogen) atoms. The molecule has 0 saturated carbocycles. The third-order valence-corrected chi connectivity index (χ3v) is 7.03. The predicted octanol–water partition coefficient (Wildman–Crippen LogP) is 3.18. The van der Waals surface area contributed by atoms with Crippen molar-refractivity contribution in [3.05, 3.63) is 28.8 Å². The molecule has 0 aromatic heterocycles. The van der Waals surface area contributed by atoms with Gasteiger partial charge in [0.05, 0.1) is 12.7 Å². The highest BCUT2D eigenvalue weighted by Gasteiger charge is 2.45. The minimum atomic E-state index is -0.525. The molecule has 0 radical (unpaired) electrons. The van der Waals surface area contributed by atoms with Gasteiger partial charge >= 0.3 is 0 Å². The van der Waals surface area contributed by atoms with Gasteiger partial charge in [-0.25, -0.2) is 0 Å². The Labute approximate surface area is 157 Å². The van der Waals surface area contributed by atoms with Crippen LogP contribution < -0.4 is 4.74 Å². The average molecular weight is 360 g/mol. The molecule has 0 unspecified atom stereocenters. The molecule has 0 bridgehead atoms. The maximum atomic E-state index is 11.4. The predicted molar refractivity (Wildman–Crippen MR) is 103 cm³/mol. The maximum Gasteiger partial charge on any atom is 0.123 e. The lowest BCUT2D eigenvalue weighted by molar-refractivity contribution is -0.131. The molecule has 1 aromatic carbocycles. The Balaban J connectivity index is 1.45. The van der Waals surface area contributed by atoms with E-state index >= 15 is 0 Å². The number of rotatable bonds is 4. The topological polar surface area (TPSA) is 41.9 Å². The molecule has 0 amide bonds. The molecular formula is C22H33NO3. The van der Waals surface area contributed by atoms with Crippen molar-refractivity contribution >= 4 is 0 Å². The molecule has 4 heteroatoms. The molecule has 4 rings (SSSR count). The smallest absolute Gasteiger partial charge is 0.123 e. The molecule has 2 heterocycles. The number of fused-ring (bicyclic) bond motifs is 1. The second-order valence-corrected chi connectivity index (χ2v) is 8.55. The summed E-state index contributed by atoms with van der Waals surface area (Å²) < 4.78 is 11.2. The number of piperidine rings is 1. The van der Waals surface area contributed by atoms with Crippen LogP contribution in [0.5, 0.6) is 5.75 Å². The molecule has 0 spiro atoms. The largest absolute Gasteiger partial charge is 0.496 e. The van der Waals surface area contributed by atoms with E-state index in [1.807, 2.05) is 0 Å². The van der Waals surface area contributed by atoms with Crippen molar-refractivity contribution in [2.45, 2.75) is 57.6 Å². The fourth-order valence-corrected chi connectivity index (χ4v) is 5.37. The van der Waals surface area contributed by atoms with Crippen molar-refractivity contribution in [3.8, 4) is 5.75 Å². The minimum absolute atomic E-state index is 0.291. The van der Waals surface area contributed by atoms with Crippen molar-refractivity contribution in [2.24, 2.45) is 11.8 Å². The Hall–Kier alpha value is -1.10. The molecule has 2 aliphatic heterocycles. The van der Waals surface area contributed by atoms with Gasteiger partial charge in [-0.3, -0.25) is 4.90 Å². The van der Waals surface area contributed by atoms with E-state index in [-0.39, 0.29) is 0 Å². The summed E-state index contributed by atoms with van der Waals surface area (Å²) >= 11 is 0. The molecule has 3 aliphatic rings. The van der Waals surface area contributed by atoms with Crippen molar-refractivity contribution in [1.82, 2.24) is 4.90 Å². The zero-order valence-corrected chi connectivity index (χ0v) is 16.3. The standard InChI is InChI=1S/C22H33NO3/c1-16-14-23(9-8-22(16,24)20-6-10-26-11-7-20)15-19-12-17-4-3-5-18(17)13-21(19)25-2/h12-13,16,20,24H,3-11,14-15H2,1-2H3/t16-,22+/m1/s1. The number of hydrogen-bond donors (Lipinski definition) is 1. The number of methoxy groups -OCH3 is 1. The van der Waals surface area contributed by atoms with E-state index < -0.39 is 5.60 Å². The molecule has 4 nitrogen and oxygen atoms in total. The van der Waals surface area contributed by atoms with Crippen molar-refractivity contribution < 1.29 is 14.6 Å². The monoisotopic (exact) mass is 359 g/mol. The van der Waals surface area contributed by atoms with Crippen molar-refractivity contribution in [1.29, 1.82) is 0 Å². The highest BCUT2D eigenvalue weighted by Crippen LogP contribution is 2.40. The van der Waals surface area contributed by atoms with Gasteiger partial charge in [0, 0.05) is 38.4 Å². The van der Waals surface area contributed by atoms with Crippen LogP contribution in [0.25, 0.3) is 0 Å². The number of aryl methyl sites for hydroxylation is 2. The first-order valence-corrected chi connectivity index (χ1v) is 10.3. The van der Waals surface area contributed by atoms with Gasteiger partial charge in [-0.05, 0) is 67.6 Å². The molecule has 1 aromatic rings. The van der Waals surface area contributed by atoms with Gasteiger partial charge < -0.3 is 14.6 Å². The minimum Gasteiger partial charge on any atom is -0.496 e. The number of nitrogens with zero attached hydrogens (tertiary/aromatic N) is 1. The van der Waals surface area contributed by atoms with Gasteiger partial charge in [0.15, 0.2) is 0 Å². The third-order valence-electron chi connectivity index (χ3n) is 7.03. The lowest BCUT2D eigenvalue weighted by Gasteiger charge is -2.48. The van der Waals surface area contributed by atoms with Crippen LogP contribution in [0, 0.1) is 11.8 Å². The van der Waals surface area contributed by atoms with Crippen LogP contribution in [-0.2, 0) is 24.1 Å². The molecule has 1 aliphatic carbocycles. The fraction of sp³-hybridized carbons (Fsp3) is 0.727. The number of benzene rings is 1. The summed E-state index contributed by atoms with van der Waals surface area (Å²) in [7, 11) is 1.78. The Kier molecular flexibility index (Phi) is 5.27. The first-order chi connectivity index (χ1) is 12.6. The number of ether oxygens (including phenoxy) is 2. The quantitative estimate of drug-likeness (QED) is 0.897. The highest BCUT2D eigenvalue weighted by atomic mass is 16.5. The van der Waals surface area contributed by atoms with E-state index in [2.05, 4.69) is 24.0 Å². The Morgan fingerprint density at radius 1 is 1.23 bits per heavy atom. The first kappa shape index (κ1) is 18.3.